The maximum absolute atomic E-state index is 14.0. The Morgan fingerprint density at radius 1 is 1.38 bits per heavy atom. The fourth-order valence-corrected chi connectivity index (χ4v) is 3.21. The molecular formula is C12H10F2N2O4S. The van der Waals surface area contributed by atoms with Crippen molar-refractivity contribution < 1.29 is 27.1 Å². The number of aryl methyl sites for hydroxylation is 1. The summed E-state index contributed by atoms with van der Waals surface area (Å²) in [6.45, 7) is 0. The SMILES string of the molecule is Cn1cc(CS(=O)(=O)c2ccc(F)c(C(=O)O)c2F)cn1. The summed E-state index contributed by atoms with van der Waals surface area (Å²) >= 11 is 0. The summed E-state index contributed by atoms with van der Waals surface area (Å²) in [4.78, 5) is 9.94. The van der Waals surface area contributed by atoms with Crippen LogP contribution in [0.15, 0.2) is 29.4 Å². The first-order valence-corrected chi connectivity index (χ1v) is 7.29. The van der Waals surface area contributed by atoms with Crippen LogP contribution in [0.1, 0.15) is 15.9 Å². The highest BCUT2D eigenvalue weighted by molar-refractivity contribution is 7.90. The van der Waals surface area contributed by atoms with Gasteiger partial charge in [-0.25, -0.2) is 22.0 Å². The van der Waals surface area contributed by atoms with Gasteiger partial charge in [0.25, 0.3) is 0 Å². The number of carboxylic acids is 1. The first-order valence-electron chi connectivity index (χ1n) is 5.64. The van der Waals surface area contributed by atoms with Crippen LogP contribution in [-0.2, 0) is 22.6 Å². The third-order valence-corrected chi connectivity index (χ3v) is 4.42. The van der Waals surface area contributed by atoms with Gasteiger partial charge >= 0.3 is 5.97 Å². The Bertz CT molecular complexity index is 815. The molecule has 0 saturated heterocycles. The molecule has 0 radical (unpaired) electrons. The summed E-state index contributed by atoms with van der Waals surface area (Å²) in [7, 11) is -2.58. The van der Waals surface area contributed by atoms with Gasteiger partial charge in [-0.2, -0.15) is 5.10 Å². The minimum Gasteiger partial charge on any atom is -0.477 e. The van der Waals surface area contributed by atoms with Gasteiger partial charge in [-0.3, -0.25) is 4.68 Å². The minimum atomic E-state index is -4.16. The van der Waals surface area contributed by atoms with Crippen LogP contribution < -0.4 is 0 Å². The maximum Gasteiger partial charge on any atom is 0.341 e. The second kappa shape index (κ2) is 5.24. The van der Waals surface area contributed by atoms with E-state index in [-0.39, 0.29) is 0 Å². The summed E-state index contributed by atoms with van der Waals surface area (Å²) in [5.41, 5.74) is -0.986. The molecular weight excluding hydrogens is 306 g/mol. The van der Waals surface area contributed by atoms with Gasteiger partial charge in [0, 0.05) is 18.8 Å². The molecule has 0 amide bonds. The fraction of sp³-hybridized carbons (Fsp3) is 0.167. The molecule has 1 heterocycles. The largest absolute Gasteiger partial charge is 0.477 e. The van der Waals surface area contributed by atoms with E-state index in [0.717, 1.165) is 0 Å². The lowest BCUT2D eigenvalue weighted by Crippen LogP contribution is -2.12. The topological polar surface area (TPSA) is 89.3 Å². The summed E-state index contributed by atoms with van der Waals surface area (Å²) in [5, 5.41) is 12.5. The lowest BCUT2D eigenvalue weighted by molar-refractivity contribution is 0.0685. The van der Waals surface area contributed by atoms with Crippen molar-refractivity contribution in [1.29, 1.82) is 0 Å². The zero-order valence-electron chi connectivity index (χ0n) is 10.7. The number of carboxylic acid groups (broad SMARTS) is 1. The number of aromatic nitrogens is 2. The van der Waals surface area contributed by atoms with Crippen LogP contribution in [0.2, 0.25) is 0 Å². The van der Waals surface area contributed by atoms with Crippen molar-refractivity contribution >= 4 is 15.8 Å². The van der Waals surface area contributed by atoms with E-state index in [1.807, 2.05) is 0 Å². The molecule has 0 unspecified atom stereocenters. The van der Waals surface area contributed by atoms with E-state index in [0.29, 0.717) is 17.7 Å². The third-order valence-electron chi connectivity index (χ3n) is 2.72. The van der Waals surface area contributed by atoms with Crippen molar-refractivity contribution in [2.45, 2.75) is 10.6 Å². The second-order valence-corrected chi connectivity index (χ2v) is 6.28. The normalized spacial score (nSPS) is 11.6. The molecule has 0 saturated carbocycles. The predicted octanol–water partition coefficient (Wildman–Crippen LogP) is 1.37. The Labute approximate surface area is 118 Å². The highest BCUT2D eigenvalue weighted by atomic mass is 32.2. The number of hydrogen-bond donors (Lipinski definition) is 1. The molecule has 6 nitrogen and oxygen atoms in total. The molecule has 0 aliphatic rings. The Balaban J connectivity index is 2.50. The number of aromatic carboxylic acids is 1. The van der Waals surface area contributed by atoms with E-state index in [2.05, 4.69) is 5.10 Å². The smallest absolute Gasteiger partial charge is 0.341 e. The molecule has 1 aromatic carbocycles. The molecule has 21 heavy (non-hydrogen) atoms. The number of halogens is 2. The first kappa shape index (κ1) is 15.1. The maximum atomic E-state index is 14.0. The molecule has 0 bridgehead atoms. The standard InChI is InChI=1S/C12H10F2N2O4S/c1-16-5-7(4-15-16)6-21(19,20)9-3-2-8(13)10(11(9)14)12(17)18/h2-5H,6H2,1H3,(H,17,18). The van der Waals surface area contributed by atoms with Crippen LogP contribution >= 0.6 is 0 Å². The summed E-state index contributed by atoms with van der Waals surface area (Å²) in [5.74, 6) is -5.38. The average Bonchev–Trinajstić information content (AvgIpc) is 2.72. The van der Waals surface area contributed by atoms with E-state index in [9.17, 15) is 22.0 Å². The third kappa shape index (κ3) is 2.92. The zero-order valence-corrected chi connectivity index (χ0v) is 11.6. The predicted molar refractivity (Wildman–Crippen MR) is 67.4 cm³/mol. The number of benzene rings is 1. The lowest BCUT2D eigenvalue weighted by atomic mass is 10.2. The van der Waals surface area contributed by atoms with E-state index < -0.39 is 43.7 Å². The monoisotopic (exact) mass is 316 g/mol. The van der Waals surface area contributed by atoms with Gasteiger partial charge in [0.1, 0.15) is 16.3 Å². The molecule has 2 aromatic rings. The van der Waals surface area contributed by atoms with E-state index in [1.165, 1.54) is 17.1 Å². The van der Waals surface area contributed by atoms with Crippen LogP contribution in [0.5, 0.6) is 0 Å². The molecule has 1 N–H and O–H groups in total. The number of carbonyl (C=O) groups is 1. The van der Waals surface area contributed by atoms with Gasteiger partial charge in [0.05, 0.1) is 11.9 Å². The molecule has 0 spiro atoms. The number of nitrogens with zero attached hydrogens (tertiary/aromatic N) is 2. The van der Waals surface area contributed by atoms with E-state index in [4.69, 9.17) is 5.11 Å². The fourth-order valence-electron chi connectivity index (χ4n) is 1.81. The lowest BCUT2D eigenvalue weighted by Gasteiger charge is -2.07. The molecule has 1 aromatic heterocycles. The van der Waals surface area contributed by atoms with Crippen LogP contribution in [0, 0.1) is 11.6 Å². The van der Waals surface area contributed by atoms with E-state index >= 15 is 0 Å². The molecule has 0 atom stereocenters. The van der Waals surface area contributed by atoms with E-state index in [1.54, 1.807) is 7.05 Å². The molecule has 112 valence electrons. The Morgan fingerprint density at radius 2 is 2.05 bits per heavy atom. The van der Waals surface area contributed by atoms with Gasteiger partial charge in [-0.05, 0) is 12.1 Å². The average molecular weight is 316 g/mol. The zero-order chi connectivity index (χ0) is 15.8. The van der Waals surface area contributed by atoms with Crippen LogP contribution in [0.25, 0.3) is 0 Å². The van der Waals surface area contributed by atoms with Crippen LogP contribution in [0.3, 0.4) is 0 Å². The highest BCUT2D eigenvalue weighted by Crippen LogP contribution is 2.24. The molecule has 0 fully saturated rings. The molecule has 0 aliphatic carbocycles. The quantitative estimate of drug-likeness (QED) is 0.861. The van der Waals surface area contributed by atoms with Gasteiger partial charge < -0.3 is 5.11 Å². The van der Waals surface area contributed by atoms with Crippen LogP contribution in [0.4, 0.5) is 8.78 Å². The number of hydrogen-bond acceptors (Lipinski definition) is 4. The van der Waals surface area contributed by atoms with Crippen molar-refractivity contribution in [3.63, 3.8) is 0 Å². The second-order valence-electron chi connectivity index (χ2n) is 4.32. The van der Waals surface area contributed by atoms with Crippen molar-refractivity contribution in [2.75, 3.05) is 0 Å². The van der Waals surface area contributed by atoms with Crippen molar-refractivity contribution in [3.8, 4) is 0 Å². The van der Waals surface area contributed by atoms with Gasteiger partial charge in [-0.1, -0.05) is 0 Å². The van der Waals surface area contributed by atoms with Gasteiger partial charge in [-0.15, -0.1) is 0 Å². The Morgan fingerprint density at radius 3 is 2.57 bits per heavy atom. The first-order chi connectivity index (χ1) is 9.72. The van der Waals surface area contributed by atoms with Crippen molar-refractivity contribution in [2.24, 2.45) is 7.05 Å². The van der Waals surface area contributed by atoms with Crippen LogP contribution in [-0.4, -0.2) is 29.3 Å². The van der Waals surface area contributed by atoms with Gasteiger partial charge in [0.2, 0.25) is 0 Å². The van der Waals surface area contributed by atoms with Crippen molar-refractivity contribution in [3.05, 3.63) is 47.3 Å². The van der Waals surface area contributed by atoms with Crippen molar-refractivity contribution in [1.82, 2.24) is 9.78 Å². The summed E-state index contributed by atoms with van der Waals surface area (Å²) in [6, 6.07) is 1.32. The Kier molecular flexibility index (Phi) is 3.77. The minimum absolute atomic E-state index is 0.304. The number of rotatable bonds is 4. The Hall–Kier alpha value is -2.29. The summed E-state index contributed by atoms with van der Waals surface area (Å²) in [6.07, 6.45) is 2.72. The van der Waals surface area contributed by atoms with Gasteiger partial charge in [0.15, 0.2) is 15.7 Å². The molecule has 0 aliphatic heterocycles. The summed E-state index contributed by atoms with van der Waals surface area (Å²) < 4.78 is 52.9. The molecule has 2 rings (SSSR count). The number of sulfone groups is 1. The molecule has 9 heteroatoms. The highest BCUT2D eigenvalue weighted by Gasteiger charge is 2.27.